The van der Waals surface area contributed by atoms with E-state index in [2.05, 4.69) is 0 Å². The molecule has 1 aromatic rings. The van der Waals surface area contributed by atoms with Gasteiger partial charge in [0, 0.05) is 31.6 Å². The summed E-state index contributed by atoms with van der Waals surface area (Å²) in [7, 11) is 3.26. The molecule has 3 heterocycles. The van der Waals surface area contributed by atoms with Gasteiger partial charge in [-0.3, -0.25) is 4.79 Å². The maximum Gasteiger partial charge on any atom is 0.225 e. The van der Waals surface area contributed by atoms with Crippen molar-refractivity contribution in [3.8, 4) is 11.5 Å². The van der Waals surface area contributed by atoms with Crippen molar-refractivity contribution in [2.75, 3.05) is 34.0 Å². The van der Waals surface area contributed by atoms with Crippen molar-refractivity contribution in [3.63, 3.8) is 0 Å². The van der Waals surface area contributed by atoms with Gasteiger partial charge in [0.15, 0.2) is 17.3 Å². The van der Waals surface area contributed by atoms with Gasteiger partial charge < -0.3 is 28.6 Å². The Morgan fingerprint density at radius 2 is 1.89 bits per heavy atom. The van der Waals surface area contributed by atoms with Gasteiger partial charge in [0.05, 0.1) is 40.1 Å². The van der Waals surface area contributed by atoms with Crippen LogP contribution in [0.1, 0.15) is 31.2 Å². The molecule has 4 aliphatic rings. The monoisotopic (exact) mass is 389 g/mol. The Morgan fingerprint density at radius 3 is 2.64 bits per heavy atom. The maximum atomic E-state index is 13.0. The third kappa shape index (κ3) is 2.64. The van der Waals surface area contributed by atoms with Gasteiger partial charge >= 0.3 is 0 Å². The number of hydrogen-bond donors (Lipinski definition) is 0. The van der Waals surface area contributed by atoms with Crippen LogP contribution < -0.4 is 9.47 Å². The van der Waals surface area contributed by atoms with E-state index in [0.717, 1.165) is 31.2 Å². The number of carbonyl (C=O) groups is 1. The zero-order valence-corrected chi connectivity index (χ0v) is 16.4. The first-order valence-electron chi connectivity index (χ1n) is 10.0. The first-order chi connectivity index (χ1) is 13.6. The zero-order chi connectivity index (χ0) is 19.4. The van der Waals surface area contributed by atoms with E-state index in [4.69, 9.17) is 23.7 Å². The summed E-state index contributed by atoms with van der Waals surface area (Å²) < 4.78 is 28.9. The number of nitrogens with zero attached hydrogens (tertiary/aromatic N) is 1. The Labute approximate surface area is 164 Å². The minimum atomic E-state index is -0.503. The summed E-state index contributed by atoms with van der Waals surface area (Å²) in [5, 5.41) is 0. The van der Waals surface area contributed by atoms with Crippen molar-refractivity contribution < 1.29 is 28.5 Å². The van der Waals surface area contributed by atoms with Crippen molar-refractivity contribution in [2.24, 2.45) is 5.92 Å². The molecule has 7 heteroatoms. The van der Waals surface area contributed by atoms with Crippen LogP contribution in [-0.4, -0.2) is 62.4 Å². The molecule has 1 saturated carbocycles. The van der Waals surface area contributed by atoms with E-state index >= 15 is 0 Å². The Morgan fingerprint density at radius 1 is 1.11 bits per heavy atom. The lowest BCUT2D eigenvalue weighted by Crippen LogP contribution is -2.55. The fourth-order valence-electron chi connectivity index (χ4n) is 5.56. The van der Waals surface area contributed by atoms with Crippen LogP contribution in [0.15, 0.2) is 18.2 Å². The highest BCUT2D eigenvalue weighted by molar-refractivity contribution is 5.81. The Hall–Kier alpha value is -1.83. The first-order valence-corrected chi connectivity index (χ1v) is 10.0. The normalized spacial score (nSPS) is 33.2. The van der Waals surface area contributed by atoms with Crippen LogP contribution in [0.5, 0.6) is 11.5 Å². The summed E-state index contributed by atoms with van der Waals surface area (Å²) in [6.45, 7) is 1.84. The summed E-state index contributed by atoms with van der Waals surface area (Å²) in [5.41, 5.74) is 0.619. The number of rotatable bonds is 4. The van der Waals surface area contributed by atoms with E-state index < -0.39 is 11.5 Å². The Balaban J connectivity index is 1.36. The Kier molecular flexibility index (Phi) is 4.30. The molecule has 1 amide bonds. The fraction of sp³-hybridized carbons (Fsp3) is 0.667. The van der Waals surface area contributed by atoms with Gasteiger partial charge in [-0.2, -0.15) is 0 Å². The zero-order valence-electron chi connectivity index (χ0n) is 16.4. The van der Waals surface area contributed by atoms with Crippen LogP contribution in [0.25, 0.3) is 0 Å². The Bertz CT molecular complexity index is 776. The van der Waals surface area contributed by atoms with Gasteiger partial charge in [0.25, 0.3) is 0 Å². The van der Waals surface area contributed by atoms with Crippen molar-refractivity contribution in [1.82, 2.24) is 4.90 Å². The molecule has 152 valence electrons. The lowest BCUT2D eigenvalue weighted by molar-refractivity contribution is -0.234. The molecule has 4 fully saturated rings. The predicted molar refractivity (Wildman–Crippen MR) is 99.2 cm³/mol. The van der Waals surface area contributed by atoms with Crippen LogP contribution in [-0.2, 0) is 25.4 Å². The summed E-state index contributed by atoms with van der Waals surface area (Å²) in [4.78, 5) is 15.0. The van der Waals surface area contributed by atoms with Crippen LogP contribution in [0.3, 0.4) is 0 Å². The summed E-state index contributed by atoms with van der Waals surface area (Å²) in [6.07, 6.45) is 3.52. The quantitative estimate of drug-likeness (QED) is 0.786. The molecule has 3 atom stereocenters. The molecule has 0 aromatic heterocycles. The topological polar surface area (TPSA) is 66.5 Å². The van der Waals surface area contributed by atoms with Gasteiger partial charge in [0.1, 0.15) is 5.72 Å². The molecule has 3 saturated heterocycles. The number of hydrogen-bond acceptors (Lipinski definition) is 6. The highest BCUT2D eigenvalue weighted by atomic mass is 16.7. The second kappa shape index (κ2) is 6.61. The summed E-state index contributed by atoms with van der Waals surface area (Å²) in [5.74, 6) is 1.22. The molecular weight excluding hydrogens is 362 g/mol. The highest BCUT2D eigenvalue weighted by Gasteiger charge is 2.64. The standard InChI is InChI=1S/C21H27NO6/c1-24-17-4-3-14(10-18(17)25-2)9-16-13-28-21-6-5-20(26-7-8-27-20)12-15(21)11-19(23)22(16)21/h3-4,10,15-16H,5-9,11-13H2,1-2H3/t15-,16+,21-/m0/s1. The number of benzene rings is 1. The largest absolute Gasteiger partial charge is 0.493 e. The van der Waals surface area contributed by atoms with E-state index in [1.165, 1.54) is 0 Å². The number of methoxy groups -OCH3 is 2. The van der Waals surface area contributed by atoms with Crippen LogP contribution in [0.4, 0.5) is 0 Å². The number of ether oxygens (including phenoxy) is 5. The molecule has 28 heavy (non-hydrogen) atoms. The van der Waals surface area contributed by atoms with Crippen LogP contribution in [0, 0.1) is 5.92 Å². The van der Waals surface area contributed by atoms with Gasteiger partial charge in [-0.1, -0.05) is 6.07 Å². The van der Waals surface area contributed by atoms with Gasteiger partial charge in [-0.05, 0) is 24.1 Å². The van der Waals surface area contributed by atoms with Crippen LogP contribution in [0.2, 0.25) is 0 Å². The number of amides is 1. The third-order valence-corrected chi connectivity index (χ3v) is 6.78. The molecule has 0 bridgehead atoms. The van der Waals surface area contributed by atoms with Crippen molar-refractivity contribution in [1.29, 1.82) is 0 Å². The van der Waals surface area contributed by atoms with Gasteiger partial charge in [-0.25, -0.2) is 0 Å². The summed E-state index contributed by atoms with van der Waals surface area (Å²) >= 11 is 0. The number of carbonyl (C=O) groups excluding carboxylic acids is 1. The summed E-state index contributed by atoms with van der Waals surface area (Å²) in [6, 6.07) is 5.96. The molecule has 0 unspecified atom stereocenters. The molecule has 2 spiro atoms. The smallest absolute Gasteiger partial charge is 0.225 e. The third-order valence-electron chi connectivity index (χ3n) is 6.78. The minimum Gasteiger partial charge on any atom is -0.493 e. The van der Waals surface area contributed by atoms with E-state index in [-0.39, 0.29) is 17.9 Å². The molecule has 1 aromatic carbocycles. The molecule has 1 aliphatic carbocycles. The fourth-order valence-corrected chi connectivity index (χ4v) is 5.56. The minimum absolute atomic E-state index is 0.0371. The molecular formula is C21H27NO6. The van der Waals surface area contributed by atoms with E-state index in [0.29, 0.717) is 37.7 Å². The maximum absolute atomic E-state index is 13.0. The van der Waals surface area contributed by atoms with Gasteiger partial charge in [-0.15, -0.1) is 0 Å². The molecule has 0 N–H and O–H groups in total. The van der Waals surface area contributed by atoms with Crippen molar-refractivity contribution in [3.05, 3.63) is 23.8 Å². The molecule has 0 radical (unpaired) electrons. The average Bonchev–Trinajstić information content (AvgIpc) is 3.37. The van der Waals surface area contributed by atoms with Crippen molar-refractivity contribution in [2.45, 2.75) is 49.7 Å². The second-order valence-electron chi connectivity index (χ2n) is 8.18. The average molecular weight is 389 g/mol. The van der Waals surface area contributed by atoms with E-state index in [1.807, 2.05) is 23.1 Å². The van der Waals surface area contributed by atoms with Crippen molar-refractivity contribution >= 4 is 5.91 Å². The molecule has 5 rings (SSSR count). The van der Waals surface area contributed by atoms with Gasteiger partial charge in [0.2, 0.25) is 5.91 Å². The first kappa shape index (κ1) is 18.2. The lowest BCUT2D eigenvalue weighted by Gasteiger charge is -2.45. The molecule has 7 nitrogen and oxygen atoms in total. The van der Waals surface area contributed by atoms with E-state index in [9.17, 15) is 4.79 Å². The second-order valence-corrected chi connectivity index (χ2v) is 8.18. The SMILES string of the molecule is COc1ccc(C[C@@H]2CO[C@@]34CCC5(C[C@@H]3CC(=O)N24)OCCO5)cc1OC. The van der Waals surface area contributed by atoms with E-state index in [1.54, 1.807) is 14.2 Å². The van der Waals surface area contributed by atoms with Crippen LogP contribution >= 0.6 is 0 Å². The predicted octanol–water partition coefficient (Wildman–Crippen LogP) is 2.12. The highest BCUT2D eigenvalue weighted by Crippen LogP contribution is 2.55. The molecule has 3 aliphatic heterocycles. The lowest BCUT2D eigenvalue weighted by atomic mass is 9.78.